The zero-order valence-electron chi connectivity index (χ0n) is 8.91. The predicted octanol–water partition coefficient (Wildman–Crippen LogP) is -0.221. The number of carbonyl (C=O) groups excluding carboxylic acids is 1. The molecule has 0 aromatic heterocycles. The van der Waals surface area contributed by atoms with E-state index in [0.29, 0.717) is 5.92 Å². The van der Waals surface area contributed by atoms with Crippen molar-refractivity contribution in [2.45, 2.75) is 19.8 Å². The van der Waals surface area contributed by atoms with Crippen LogP contribution in [0.3, 0.4) is 0 Å². The van der Waals surface area contributed by atoms with Gasteiger partial charge in [-0.1, -0.05) is 6.92 Å². The molecule has 82 valence electrons. The van der Waals surface area contributed by atoms with Gasteiger partial charge in [0.15, 0.2) is 0 Å². The highest BCUT2D eigenvalue weighted by Gasteiger charge is 2.21. The number of nitrogens with zero attached hydrogens (tertiary/aromatic N) is 1. The average molecular weight is 199 g/mol. The van der Waals surface area contributed by atoms with Crippen LogP contribution in [0.1, 0.15) is 19.8 Å². The lowest BCUT2D eigenvalue weighted by Crippen LogP contribution is -2.42. The third-order valence-corrected chi connectivity index (χ3v) is 2.95. The van der Waals surface area contributed by atoms with E-state index in [1.165, 1.54) is 12.8 Å². The Bertz CT molecular complexity index is 196. The number of hydrogen-bond donors (Lipinski definition) is 2. The van der Waals surface area contributed by atoms with E-state index in [1.54, 1.807) is 0 Å². The van der Waals surface area contributed by atoms with Crippen LogP contribution in [0.25, 0.3) is 0 Å². The van der Waals surface area contributed by atoms with Gasteiger partial charge in [-0.05, 0) is 31.8 Å². The Morgan fingerprint density at radius 3 is 2.93 bits per heavy atom. The first-order valence-corrected chi connectivity index (χ1v) is 5.35. The Kier molecular flexibility index (Phi) is 4.35. The fraction of sp³-hybridized carbons (Fsp3) is 0.900. The molecule has 1 fully saturated rings. The minimum Gasteiger partial charge on any atom is -0.369 e. The molecule has 1 rings (SSSR count). The monoisotopic (exact) mass is 199 g/mol. The zero-order chi connectivity index (χ0) is 10.6. The fourth-order valence-corrected chi connectivity index (χ4v) is 1.99. The smallest absolute Gasteiger partial charge is 0.221 e. The first kappa shape index (κ1) is 11.5. The first-order chi connectivity index (χ1) is 6.63. The Morgan fingerprint density at radius 1 is 1.64 bits per heavy atom. The Balaban J connectivity index is 2.33. The van der Waals surface area contributed by atoms with Crippen molar-refractivity contribution in [3.05, 3.63) is 0 Å². The van der Waals surface area contributed by atoms with Crippen LogP contribution in [-0.2, 0) is 4.79 Å². The van der Waals surface area contributed by atoms with E-state index in [4.69, 9.17) is 11.5 Å². The summed E-state index contributed by atoms with van der Waals surface area (Å²) in [7, 11) is 0. The van der Waals surface area contributed by atoms with Gasteiger partial charge < -0.3 is 16.4 Å². The van der Waals surface area contributed by atoms with Gasteiger partial charge in [0, 0.05) is 19.0 Å². The molecule has 0 bridgehead atoms. The van der Waals surface area contributed by atoms with Crippen LogP contribution in [0.5, 0.6) is 0 Å². The number of hydrogen-bond acceptors (Lipinski definition) is 3. The van der Waals surface area contributed by atoms with E-state index in [0.717, 1.165) is 26.2 Å². The summed E-state index contributed by atoms with van der Waals surface area (Å²) in [4.78, 5) is 13.2. The van der Waals surface area contributed by atoms with Gasteiger partial charge in [-0.3, -0.25) is 4.79 Å². The Labute approximate surface area is 85.6 Å². The van der Waals surface area contributed by atoms with E-state index < -0.39 is 0 Å². The molecule has 0 spiro atoms. The number of likely N-dealkylation sites (tertiary alicyclic amines) is 1. The highest BCUT2D eigenvalue weighted by molar-refractivity contribution is 5.76. The molecule has 1 saturated heterocycles. The second-order valence-corrected chi connectivity index (χ2v) is 4.31. The lowest BCUT2D eigenvalue weighted by Gasteiger charge is -2.33. The Hall–Kier alpha value is -0.610. The molecule has 0 radical (unpaired) electrons. The topological polar surface area (TPSA) is 72.3 Å². The zero-order valence-corrected chi connectivity index (χ0v) is 8.91. The van der Waals surface area contributed by atoms with Crippen LogP contribution < -0.4 is 11.5 Å². The van der Waals surface area contributed by atoms with Crippen LogP contribution in [0, 0.1) is 11.8 Å². The maximum Gasteiger partial charge on any atom is 0.221 e. The number of carbonyl (C=O) groups is 1. The third kappa shape index (κ3) is 3.27. The van der Waals surface area contributed by atoms with Crippen LogP contribution in [-0.4, -0.2) is 37.0 Å². The Morgan fingerprint density at radius 2 is 2.36 bits per heavy atom. The molecule has 1 heterocycles. The van der Waals surface area contributed by atoms with E-state index in [1.807, 2.05) is 6.92 Å². The van der Waals surface area contributed by atoms with Crippen LogP contribution in [0.15, 0.2) is 0 Å². The molecule has 4 heteroatoms. The molecule has 2 unspecified atom stereocenters. The van der Waals surface area contributed by atoms with Crippen LogP contribution in [0.2, 0.25) is 0 Å². The standard InChI is InChI=1S/C10H21N3O/c1-8(10(12)14)6-13-4-2-3-9(5-11)7-13/h8-9H,2-7,11H2,1H3,(H2,12,14). The SMILES string of the molecule is CC(CN1CCCC(CN)C1)C(N)=O. The summed E-state index contributed by atoms with van der Waals surface area (Å²) in [6.07, 6.45) is 2.41. The van der Waals surface area contributed by atoms with Gasteiger partial charge in [0.25, 0.3) is 0 Å². The molecule has 0 aromatic rings. The van der Waals surface area contributed by atoms with Gasteiger partial charge in [0.1, 0.15) is 0 Å². The predicted molar refractivity (Wildman–Crippen MR) is 56.6 cm³/mol. The van der Waals surface area contributed by atoms with Gasteiger partial charge in [0.05, 0.1) is 0 Å². The van der Waals surface area contributed by atoms with Crippen molar-refractivity contribution in [2.24, 2.45) is 23.3 Å². The van der Waals surface area contributed by atoms with Crippen molar-refractivity contribution >= 4 is 5.91 Å². The van der Waals surface area contributed by atoms with Crippen molar-refractivity contribution in [1.82, 2.24) is 4.90 Å². The molecule has 14 heavy (non-hydrogen) atoms. The largest absolute Gasteiger partial charge is 0.369 e. The van der Waals surface area contributed by atoms with Crippen molar-refractivity contribution in [3.8, 4) is 0 Å². The van der Waals surface area contributed by atoms with Crippen molar-refractivity contribution in [1.29, 1.82) is 0 Å². The summed E-state index contributed by atoms with van der Waals surface area (Å²) in [6, 6.07) is 0. The van der Waals surface area contributed by atoms with Crippen molar-refractivity contribution in [3.63, 3.8) is 0 Å². The number of piperidine rings is 1. The van der Waals surface area contributed by atoms with E-state index in [9.17, 15) is 4.79 Å². The van der Waals surface area contributed by atoms with Gasteiger partial charge in [-0.25, -0.2) is 0 Å². The van der Waals surface area contributed by atoms with Crippen LogP contribution >= 0.6 is 0 Å². The summed E-state index contributed by atoms with van der Waals surface area (Å²) in [6.45, 7) is 5.52. The van der Waals surface area contributed by atoms with Crippen molar-refractivity contribution in [2.75, 3.05) is 26.2 Å². The number of amides is 1. The van der Waals surface area contributed by atoms with Crippen LogP contribution in [0.4, 0.5) is 0 Å². The summed E-state index contributed by atoms with van der Waals surface area (Å²) in [5.41, 5.74) is 10.9. The lowest BCUT2D eigenvalue weighted by atomic mass is 9.97. The number of primary amides is 1. The maximum atomic E-state index is 10.9. The summed E-state index contributed by atoms with van der Waals surface area (Å²) >= 11 is 0. The number of nitrogens with two attached hydrogens (primary N) is 2. The summed E-state index contributed by atoms with van der Waals surface area (Å²) in [5, 5.41) is 0. The van der Waals surface area contributed by atoms with Gasteiger partial charge in [0.2, 0.25) is 5.91 Å². The normalized spacial score (nSPS) is 26.0. The highest BCUT2D eigenvalue weighted by atomic mass is 16.1. The van der Waals surface area contributed by atoms with E-state index in [-0.39, 0.29) is 11.8 Å². The van der Waals surface area contributed by atoms with Gasteiger partial charge in [-0.15, -0.1) is 0 Å². The molecule has 1 aliphatic heterocycles. The second kappa shape index (κ2) is 5.32. The number of rotatable bonds is 4. The highest BCUT2D eigenvalue weighted by Crippen LogP contribution is 2.16. The fourth-order valence-electron chi connectivity index (χ4n) is 1.99. The molecule has 4 N–H and O–H groups in total. The minimum absolute atomic E-state index is 0.0495. The molecule has 1 aliphatic rings. The molecule has 0 saturated carbocycles. The molecule has 4 nitrogen and oxygen atoms in total. The summed E-state index contributed by atoms with van der Waals surface area (Å²) in [5.74, 6) is 0.343. The first-order valence-electron chi connectivity index (χ1n) is 5.35. The molecule has 2 atom stereocenters. The van der Waals surface area contributed by atoms with Gasteiger partial charge >= 0.3 is 0 Å². The quantitative estimate of drug-likeness (QED) is 0.657. The lowest BCUT2D eigenvalue weighted by molar-refractivity contribution is -0.122. The molecular formula is C10H21N3O. The average Bonchev–Trinajstić information content (AvgIpc) is 2.18. The summed E-state index contributed by atoms with van der Waals surface area (Å²) < 4.78 is 0. The third-order valence-electron chi connectivity index (χ3n) is 2.95. The molecule has 0 aromatic carbocycles. The van der Waals surface area contributed by atoms with Crippen molar-refractivity contribution < 1.29 is 4.79 Å². The molecule has 0 aliphatic carbocycles. The molecule has 1 amide bonds. The molecular weight excluding hydrogens is 178 g/mol. The second-order valence-electron chi connectivity index (χ2n) is 4.31. The van der Waals surface area contributed by atoms with E-state index >= 15 is 0 Å². The van der Waals surface area contributed by atoms with E-state index in [2.05, 4.69) is 4.90 Å². The van der Waals surface area contributed by atoms with Gasteiger partial charge in [-0.2, -0.15) is 0 Å². The maximum absolute atomic E-state index is 10.9. The minimum atomic E-state index is -0.208.